The summed E-state index contributed by atoms with van der Waals surface area (Å²) in [7, 11) is 0. The number of carbonyl (C=O) groups is 1. The van der Waals surface area contributed by atoms with Gasteiger partial charge in [-0.1, -0.05) is 49.7 Å². The van der Waals surface area contributed by atoms with Crippen molar-refractivity contribution in [1.82, 2.24) is 0 Å². The SMILES string of the molecule is Cc1cc(CC=CCl)cc(C)c1COC(=O)[C@@H]1[C@H](C=C(Br)Br)C1(C)C. The molecule has 2 rings (SSSR count). The zero-order chi connectivity index (χ0) is 18.8. The summed E-state index contributed by atoms with van der Waals surface area (Å²) in [6.45, 7) is 8.62. The standard InChI is InChI=1S/C20H23Br2ClO2/c1-12-8-14(6-5-7-23)9-13(2)15(12)11-25-19(24)18-16(10-17(21)22)20(18,3)4/h5,7-10,16,18H,6,11H2,1-4H3/t16-,18-/m0/s1. The van der Waals surface area contributed by atoms with Crippen LogP contribution in [0.2, 0.25) is 0 Å². The van der Waals surface area contributed by atoms with Crippen LogP contribution in [-0.2, 0) is 22.6 Å². The van der Waals surface area contributed by atoms with Crippen molar-refractivity contribution < 1.29 is 9.53 Å². The van der Waals surface area contributed by atoms with E-state index in [4.69, 9.17) is 16.3 Å². The van der Waals surface area contributed by atoms with Crippen molar-refractivity contribution >= 4 is 49.4 Å². The van der Waals surface area contributed by atoms with Gasteiger partial charge >= 0.3 is 5.97 Å². The summed E-state index contributed by atoms with van der Waals surface area (Å²) >= 11 is 12.4. The quantitative estimate of drug-likeness (QED) is 0.423. The van der Waals surface area contributed by atoms with Gasteiger partial charge in [-0.25, -0.2) is 0 Å². The van der Waals surface area contributed by atoms with Crippen molar-refractivity contribution in [2.45, 2.75) is 40.7 Å². The molecule has 0 N–H and O–H groups in total. The van der Waals surface area contributed by atoms with E-state index in [0.717, 1.165) is 26.5 Å². The number of ether oxygens (including phenoxy) is 1. The molecule has 136 valence electrons. The second kappa shape index (κ2) is 8.41. The van der Waals surface area contributed by atoms with E-state index in [0.29, 0.717) is 6.61 Å². The van der Waals surface area contributed by atoms with Gasteiger partial charge in [0.15, 0.2) is 0 Å². The second-order valence-corrected chi connectivity index (χ2v) is 10.2. The molecule has 0 amide bonds. The highest BCUT2D eigenvalue weighted by atomic mass is 79.9. The molecule has 1 aliphatic rings. The highest BCUT2D eigenvalue weighted by Gasteiger charge is 2.61. The summed E-state index contributed by atoms with van der Waals surface area (Å²) in [6.07, 6.45) is 4.75. The molecule has 1 aromatic carbocycles. The molecule has 5 heteroatoms. The first-order valence-corrected chi connectivity index (χ1v) is 10.2. The average Bonchev–Trinajstić information content (AvgIpc) is 3.03. The van der Waals surface area contributed by atoms with E-state index in [-0.39, 0.29) is 23.2 Å². The number of hydrogen-bond acceptors (Lipinski definition) is 2. The van der Waals surface area contributed by atoms with Crippen molar-refractivity contribution in [2.24, 2.45) is 17.3 Å². The molecule has 0 unspecified atom stereocenters. The molecule has 1 aliphatic carbocycles. The number of rotatable bonds is 6. The molecule has 1 saturated carbocycles. The Morgan fingerprint density at radius 3 is 2.40 bits per heavy atom. The van der Waals surface area contributed by atoms with Gasteiger partial charge in [0.2, 0.25) is 0 Å². The second-order valence-electron chi connectivity index (χ2n) is 7.16. The van der Waals surface area contributed by atoms with Gasteiger partial charge in [-0.3, -0.25) is 4.79 Å². The first-order chi connectivity index (χ1) is 11.7. The smallest absolute Gasteiger partial charge is 0.310 e. The van der Waals surface area contributed by atoms with Gasteiger partial charge < -0.3 is 4.74 Å². The van der Waals surface area contributed by atoms with Crippen LogP contribution < -0.4 is 0 Å². The Morgan fingerprint density at radius 1 is 1.28 bits per heavy atom. The number of aryl methyl sites for hydroxylation is 2. The molecule has 0 radical (unpaired) electrons. The molecule has 2 atom stereocenters. The summed E-state index contributed by atoms with van der Waals surface area (Å²) in [5.41, 5.74) is 6.04. The molecule has 0 heterocycles. The van der Waals surface area contributed by atoms with E-state index in [9.17, 15) is 4.79 Å². The van der Waals surface area contributed by atoms with Gasteiger partial charge in [-0.05, 0) is 85.7 Å². The maximum atomic E-state index is 12.5. The van der Waals surface area contributed by atoms with Crippen LogP contribution in [0.1, 0.15) is 36.1 Å². The zero-order valence-electron chi connectivity index (χ0n) is 14.9. The van der Waals surface area contributed by atoms with Crippen LogP contribution in [0.5, 0.6) is 0 Å². The molecule has 1 aromatic rings. The molecule has 0 spiro atoms. The summed E-state index contributed by atoms with van der Waals surface area (Å²) < 4.78 is 6.52. The van der Waals surface area contributed by atoms with Crippen LogP contribution in [0, 0.1) is 31.1 Å². The van der Waals surface area contributed by atoms with Gasteiger partial charge in [0.1, 0.15) is 6.61 Å². The lowest BCUT2D eigenvalue weighted by Crippen LogP contribution is -2.12. The first-order valence-electron chi connectivity index (χ1n) is 8.22. The molecular weight excluding hydrogens is 467 g/mol. The molecule has 0 bridgehead atoms. The number of halogens is 3. The minimum Gasteiger partial charge on any atom is -0.461 e. The Hall–Kier alpha value is -0.580. The third-order valence-corrected chi connectivity index (χ3v) is 5.73. The maximum absolute atomic E-state index is 12.5. The van der Waals surface area contributed by atoms with Gasteiger partial charge in [-0.2, -0.15) is 0 Å². The Balaban J connectivity index is 2.04. The van der Waals surface area contributed by atoms with Crippen LogP contribution in [0.4, 0.5) is 0 Å². The third-order valence-electron chi connectivity index (χ3n) is 5.03. The van der Waals surface area contributed by atoms with E-state index in [1.165, 1.54) is 11.1 Å². The molecule has 0 aliphatic heterocycles. The lowest BCUT2D eigenvalue weighted by molar-refractivity contribution is -0.147. The van der Waals surface area contributed by atoms with Gasteiger partial charge in [0.05, 0.1) is 9.31 Å². The van der Waals surface area contributed by atoms with Crippen LogP contribution in [0.25, 0.3) is 0 Å². The zero-order valence-corrected chi connectivity index (χ0v) is 18.8. The number of carbonyl (C=O) groups excluding carboxylic acids is 1. The molecular formula is C20H23Br2ClO2. The highest BCUT2D eigenvalue weighted by molar-refractivity contribution is 9.28. The van der Waals surface area contributed by atoms with E-state index in [1.54, 1.807) is 0 Å². The predicted molar refractivity (Wildman–Crippen MR) is 111 cm³/mol. The maximum Gasteiger partial charge on any atom is 0.310 e. The number of allylic oxidation sites excluding steroid dienone is 2. The lowest BCUT2D eigenvalue weighted by atomic mass is 9.98. The predicted octanol–water partition coefficient (Wildman–Crippen LogP) is 6.55. The van der Waals surface area contributed by atoms with Crippen molar-refractivity contribution in [2.75, 3.05) is 0 Å². The van der Waals surface area contributed by atoms with Crippen molar-refractivity contribution in [3.63, 3.8) is 0 Å². The Morgan fingerprint density at radius 2 is 1.88 bits per heavy atom. The Bertz CT molecular complexity index is 695. The third kappa shape index (κ3) is 4.99. The highest BCUT2D eigenvalue weighted by Crippen LogP contribution is 2.60. The van der Waals surface area contributed by atoms with Crippen molar-refractivity contribution in [3.8, 4) is 0 Å². The lowest BCUT2D eigenvalue weighted by Gasteiger charge is -2.13. The van der Waals surface area contributed by atoms with Gasteiger partial charge in [-0.15, -0.1) is 0 Å². The van der Waals surface area contributed by atoms with E-state index >= 15 is 0 Å². The minimum absolute atomic E-state index is 0.0638. The van der Waals surface area contributed by atoms with Crippen molar-refractivity contribution in [3.05, 3.63) is 55.5 Å². The van der Waals surface area contributed by atoms with E-state index < -0.39 is 0 Å². The minimum atomic E-state index is -0.125. The number of esters is 1. The fourth-order valence-electron chi connectivity index (χ4n) is 3.42. The van der Waals surface area contributed by atoms with Gasteiger partial charge in [0.25, 0.3) is 0 Å². The Kier molecular flexibility index (Phi) is 6.97. The molecule has 25 heavy (non-hydrogen) atoms. The Labute approximate surface area is 171 Å². The van der Waals surface area contributed by atoms with Crippen LogP contribution in [-0.4, -0.2) is 5.97 Å². The monoisotopic (exact) mass is 488 g/mol. The summed E-state index contributed by atoms with van der Waals surface area (Å²) in [5, 5.41) is 0. The molecule has 1 fully saturated rings. The topological polar surface area (TPSA) is 26.3 Å². The van der Waals surface area contributed by atoms with Crippen LogP contribution in [0.3, 0.4) is 0 Å². The van der Waals surface area contributed by atoms with Crippen molar-refractivity contribution in [1.29, 1.82) is 0 Å². The van der Waals surface area contributed by atoms with E-state index in [1.807, 2.05) is 12.2 Å². The van der Waals surface area contributed by atoms with Gasteiger partial charge in [0, 0.05) is 5.54 Å². The van der Waals surface area contributed by atoms with E-state index in [2.05, 4.69) is 71.7 Å². The molecule has 2 nitrogen and oxygen atoms in total. The largest absolute Gasteiger partial charge is 0.461 e. The summed E-state index contributed by atoms with van der Waals surface area (Å²) in [5.74, 6) is -0.0209. The summed E-state index contributed by atoms with van der Waals surface area (Å²) in [4.78, 5) is 12.5. The first kappa shape index (κ1) is 20.7. The van der Waals surface area contributed by atoms with Crippen LogP contribution in [0.15, 0.2) is 33.2 Å². The molecule has 0 aromatic heterocycles. The van der Waals surface area contributed by atoms with Crippen LogP contribution >= 0.6 is 43.5 Å². The average molecular weight is 491 g/mol. The number of hydrogen-bond donors (Lipinski definition) is 0. The normalized spacial score (nSPS) is 21.2. The fraction of sp³-hybridized carbons (Fsp3) is 0.450. The number of benzene rings is 1. The summed E-state index contributed by atoms with van der Waals surface area (Å²) in [6, 6.07) is 4.25. The fourth-order valence-corrected chi connectivity index (χ4v) is 4.08. The molecule has 0 saturated heterocycles.